The van der Waals surface area contributed by atoms with Crippen LogP contribution in [0.3, 0.4) is 0 Å². The normalized spacial score (nSPS) is 12.2. The van der Waals surface area contributed by atoms with Crippen LogP contribution < -0.4 is 5.73 Å². The maximum absolute atomic E-state index is 9.84. The topological polar surface area (TPSA) is 86.2 Å². The second-order valence-electron chi connectivity index (χ2n) is 5.34. The molecule has 1 atom stereocenters. The summed E-state index contributed by atoms with van der Waals surface area (Å²) in [6, 6.07) is 7.81. The van der Waals surface area contributed by atoms with Crippen molar-refractivity contribution in [3.8, 4) is 0 Å². The molecular weight excluding hydrogens is 304 g/mol. The third kappa shape index (κ3) is 3.49. The largest absolute Gasteiger partial charge is 0.392 e. The van der Waals surface area contributed by atoms with Crippen LogP contribution in [0.2, 0.25) is 0 Å². The fourth-order valence-corrected chi connectivity index (χ4v) is 2.67. The lowest BCUT2D eigenvalue weighted by Gasteiger charge is -2.12. The molecule has 0 radical (unpaired) electrons. The highest BCUT2D eigenvalue weighted by Crippen LogP contribution is 2.29. The molecule has 0 bridgehead atoms. The van der Waals surface area contributed by atoms with Crippen molar-refractivity contribution in [1.82, 2.24) is 14.5 Å². The Labute approximate surface area is 142 Å². The molecule has 3 N–H and O–H groups in total. The van der Waals surface area contributed by atoms with Gasteiger partial charge in [-0.15, -0.1) is 0 Å². The molecule has 3 aromatic rings. The fraction of sp³-hybridized carbons (Fsp3) is 0.444. The number of nitrogen functional groups attached to an aromatic ring is 1. The number of nitrogens with zero attached hydrogens (tertiary/aromatic N) is 3. The average molecular weight is 330 g/mol. The van der Waals surface area contributed by atoms with E-state index in [1.54, 1.807) is 6.92 Å². The molecule has 6 nitrogen and oxygen atoms in total. The summed E-state index contributed by atoms with van der Waals surface area (Å²) in [5.41, 5.74) is 8.46. The van der Waals surface area contributed by atoms with Crippen molar-refractivity contribution in [1.29, 1.82) is 0 Å². The zero-order chi connectivity index (χ0) is 17.7. The Balaban J connectivity index is 0.00000100. The van der Waals surface area contributed by atoms with Gasteiger partial charge in [-0.3, -0.25) is 0 Å². The number of fused-ring (bicyclic) bond motifs is 3. The molecule has 3 rings (SSSR count). The third-order valence-corrected chi connectivity index (χ3v) is 3.57. The summed E-state index contributed by atoms with van der Waals surface area (Å²) in [4.78, 5) is 9.01. The molecule has 0 saturated carbocycles. The lowest BCUT2D eigenvalue weighted by Crippen LogP contribution is -2.15. The van der Waals surface area contributed by atoms with Gasteiger partial charge in [0.2, 0.25) is 0 Å². The van der Waals surface area contributed by atoms with E-state index in [1.807, 2.05) is 49.6 Å². The van der Waals surface area contributed by atoms with Crippen molar-refractivity contribution in [2.45, 2.75) is 47.0 Å². The van der Waals surface area contributed by atoms with Crippen LogP contribution in [0.15, 0.2) is 24.3 Å². The summed E-state index contributed by atoms with van der Waals surface area (Å²) >= 11 is 0. The predicted octanol–water partition coefficient (Wildman–Crippen LogP) is 3.11. The Morgan fingerprint density at radius 1 is 1.25 bits per heavy atom. The first-order valence-corrected chi connectivity index (χ1v) is 8.41. The van der Waals surface area contributed by atoms with E-state index in [2.05, 4.69) is 9.97 Å². The second kappa shape index (κ2) is 8.08. The number of aromatic nitrogens is 3. The van der Waals surface area contributed by atoms with Gasteiger partial charge in [-0.25, -0.2) is 9.97 Å². The van der Waals surface area contributed by atoms with Crippen LogP contribution in [0.25, 0.3) is 21.9 Å². The molecule has 0 fully saturated rings. The maximum atomic E-state index is 9.84. The highest BCUT2D eigenvalue weighted by Gasteiger charge is 2.18. The Hall–Kier alpha value is -2.18. The van der Waals surface area contributed by atoms with E-state index < -0.39 is 6.10 Å². The van der Waals surface area contributed by atoms with Crippen molar-refractivity contribution < 1.29 is 9.84 Å². The monoisotopic (exact) mass is 330 g/mol. The maximum Gasteiger partial charge on any atom is 0.152 e. The molecule has 0 saturated heterocycles. The number of ether oxygens (including phenoxy) is 1. The van der Waals surface area contributed by atoms with E-state index in [4.69, 9.17) is 10.5 Å². The van der Waals surface area contributed by atoms with E-state index in [0.29, 0.717) is 31.1 Å². The zero-order valence-corrected chi connectivity index (χ0v) is 14.8. The molecule has 6 heteroatoms. The lowest BCUT2D eigenvalue weighted by molar-refractivity contribution is 0.121. The number of nitrogens with two attached hydrogens (primary N) is 1. The van der Waals surface area contributed by atoms with Gasteiger partial charge in [-0.05, 0) is 19.9 Å². The summed E-state index contributed by atoms with van der Waals surface area (Å²) in [7, 11) is 0. The summed E-state index contributed by atoms with van der Waals surface area (Å²) in [6.45, 7) is 9.11. The van der Waals surface area contributed by atoms with Gasteiger partial charge >= 0.3 is 0 Å². The molecule has 0 aliphatic heterocycles. The molecule has 0 amide bonds. The smallest absolute Gasteiger partial charge is 0.152 e. The molecule has 0 aliphatic rings. The minimum Gasteiger partial charge on any atom is -0.392 e. The number of hydrogen-bond acceptors (Lipinski definition) is 5. The molecule has 2 heterocycles. The highest BCUT2D eigenvalue weighted by molar-refractivity contribution is 6.06. The van der Waals surface area contributed by atoms with Gasteiger partial charge in [0.25, 0.3) is 0 Å². The number of aliphatic hydroxyl groups is 1. The highest BCUT2D eigenvalue weighted by atomic mass is 16.5. The van der Waals surface area contributed by atoms with E-state index in [0.717, 1.165) is 22.2 Å². The Bertz CT molecular complexity index is 811. The lowest BCUT2D eigenvalue weighted by atomic mass is 10.2. The number of anilines is 1. The Kier molecular flexibility index (Phi) is 6.11. The van der Waals surface area contributed by atoms with Crippen LogP contribution in [0, 0.1) is 0 Å². The van der Waals surface area contributed by atoms with Crippen LogP contribution >= 0.6 is 0 Å². The number of aliphatic hydroxyl groups excluding tert-OH is 1. The molecule has 130 valence electrons. The molecular formula is C18H26N4O2. The molecule has 24 heavy (non-hydrogen) atoms. The van der Waals surface area contributed by atoms with E-state index >= 15 is 0 Å². The van der Waals surface area contributed by atoms with Crippen LogP contribution in [-0.2, 0) is 17.9 Å². The standard InChI is InChI=1S/C16H20N4O2.C2H6/c1-3-22-9-13-19-14-15(20(13)8-10(2)21)11-6-4-5-7-12(11)18-16(14)17;1-2/h4-7,10,21H,3,8-9H2,1-2H3,(H2,17,18);1-2H3. The SMILES string of the molecule is CC.CCOCc1nc2c(N)nc3ccccc3c2n1CC(C)O. The van der Waals surface area contributed by atoms with E-state index in [-0.39, 0.29) is 0 Å². The molecule has 1 unspecified atom stereocenters. The Morgan fingerprint density at radius 3 is 2.62 bits per heavy atom. The summed E-state index contributed by atoms with van der Waals surface area (Å²) < 4.78 is 7.48. The van der Waals surface area contributed by atoms with Crippen LogP contribution in [-0.4, -0.2) is 32.4 Å². The Morgan fingerprint density at radius 2 is 1.96 bits per heavy atom. The van der Waals surface area contributed by atoms with Crippen LogP contribution in [0.4, 0.5) is 5.82 Å². The van der Waals surface area contributed by atoms with Gasteiger partial charge in [-0.1, -0.05) is 32.0 Å². The number of imidazole rings is 1. The number of para-hydroxylation sites is 1. The van der Waals surface area contributed by atoms with Gasteiger partial charge < -0.3 is 20.1 Å². The first kappa shape index (κ1) is 18.2. The van der Waals surface area contributed by atoms with Crippen molar-refractivity contribution in [2.75, 3.05) is 12.3 Å². The number of hydrogen-bond donors (Lipinski definition) is 2. The first-order valence-electron chi connectivity index (χ1n) is 8.41. The zero-order valence-electron chi connectivity index (χ0n) is 14.8. The molecule has 1 aromatic carbocycles. The second-order valence-corrected chi connectivity index (χ2v) is 5.34. The number of pyridine rings is 1. The van der Waals surface area contributed by atoms with Crippen molar-refractivity contribution in [3.05, 3.63) is 30.1 Å². The van der Waals surface area contributed by atoms with Gasteiger partial charge in [0.1, 0.15) is 17.9 Å². The molecule has 0 aliphatic carbocycles. The number of benzene rings is 1. The van der Waals surface area contributed by atoms with Crippen LogP contribution in [0.1, 0.15) is 33.5 Å². The van der Waals surface area contributed by atoms with Crippen molar-refractivity contribution in [2.24, 2.45) is 0 Å². The summed E-state index contributed by atoms with van der Waals surface area (Å²) in [5, 5.41) is 10.8. The third-order valence-electron chi connectivity index (χ3n) is 3.57. The fourth-order valence-electron chi connectivity index (χ4n) is 2.67. The van der Waals surface area contributed by atoms with Gasteiger partial charge in [-0.2, -0.15) is 0 Å². The summed E-state index contributed by atoms with van der Waals surface area (Å²) in [5.74, 6) is 1.15. The van der Waals surface area contributed by atoms with Gasteiger partial charge in [0.05, 0.1) is 23.7 Å². The predicted molar refractivity (Wildman–Crippen MR) is 97.8 cm³/mol. The molecule has 2 aromatic heterocycles. The average Bonchev–Trinajstić information content (AvgIpc) is 2.94. The van der Waals surface area contributed by atoms with Crippen molar-refractivity contribution >= 4 is 27.8 Å². The van der Waals surface area contributed by atoms with Gasteiger partial charge in [0.15, 0.2) is 5.82 Å². The first-order chi connectivity index (χ1) is 11.6. The minimum absolute atomic E-state index is 0.381. The van der Waals surface area contributed by atoms with Crippen LogP contribution in [0.5, 0.6) is 0 Å². The van der Waals surface area contributed by atoms with Crippen molar-refractivity contribution in [3.63, 3.8) is 0 Å². The summed E-state index contributed by atoms with van der Waals surface area (Å²) in [6.07, 6.45) is -0.495. The van der Waals surface area contributed by atoms with E-state index in [1.165, 1.54) is 0 Å². The minimum atomic E-state index is -0.495. The van der Waals surface area contributed by atoms with E-state index in [9.17, 15) is 5.11 Å². The number of rotatable bonds is 5. The quantitative estimate of drug-likeness (QED) is 0.750. The van der Waals surface area contributed by atoms with Gasteiger partial charge in [0, 0.05) is 12.0 Å². The molecule has 0 spiro atoms.